The van der Waals surface area contributed by atoms with E-state index in [4.69, 9.17) is 4.74 Å². The van der Waals surface area contributed by atoms with Crippen molar-refractivity contribution in [2.75, 3.05) is 31.6 Å². The van der Waals surface area contributed by atoms with Gasteiger partial charge in [0.1, 0.15) is 0 Å². The van der Waals surface area contributed by atoms with Crippen LogP contribution in [0, 0.1) is 0 Å². The fourth-order valence-corrected chi connectivity index (χ4v) is 3.13. The van der Waals surface area contributed by atoms with E-state index in [-0.39, 0.29) is 5.60 Å². The van der Waals surface area contributed by atoms with Gasteiger partial charge in [0, 0.05) is 30.9 Å². The van der Waals surface area contributed by atoms with Gasteiger partial charge < -0.3 is 4.74 Å². The second kappa shape index (κ2) is 6.18. The van der Waals surface area contributed by atoms with Crippen LogP contribution < -0.4 is 0 Å². The second-order valence-electron chi connectivity index (χ2n) is 5.61. The van der Waals surface area contributed by atoms with Crippen LogP contribution in [0.1, 0.15) is 25.3 Å². The summed E-state index contributed by atoms with van der Waals surface area (Å²) in [4.78, 5) is 2.52. The fourth-order valence-electron chi connectivity index (χ4n) is 2.55. The summed E-state index contributed by atoms with van der Waals surface area (Å²) in [6.07, 6.45) is 0. The SMILES string of the molecule is CC1(C)CN(CC(CBr)c2ccccc2)CCO1. The topological polar surface area (TPSA) is 12.5 Å². The third-order valence-corrected chi connectivity index (χ3v) is 4.22. The van der Waals surface area contributed by atoms with Crippen molar-refractivity contribution in [1.29, 1.82) is 0 Å². The summed E-state index contributed by atoms with van der Waals surface area (Å²) in [7, 11) is 0. The lowest BCUT2D eigenvalue weighted by Gasteiger charge is -2.39. The van der Waals surface area contributed by atoms with Crippen LogP contribution in [0.25, 0.3) is 0 Å². The van der Waals surface area contributed by atoms with E-state index < -0.39 is 0 Å². The van der Waals surface area contributed by atoms with Gasteiger partial charge in [-0.2, -0.15) is 0 Å². The van der Waals surface area contributed by atoms with Crippen molar-refractivity contribution in [3.05, 3.63) is 35.9 Å². The van der Waals surface area contributed by atoms with Crippen LogP contribution in [-0.4, -0.2) is 42.1 Å². The highest BCUT2D eigenvalue weighted by molar-refractivity contribution is 9.09. The number of hydrogen-bond donors (Lipinski definition) is 0. The van der Waals surface area contributed by atoms with Gasteiger partial charge >= 0.3 is 0 Å². The Morgan fingerprint density at radius 1 is 1.33 bits per heavy atom. The zero-order chi connectivity index (χ0) is 13.0. The van der Waals surface area contributed by atoms with E-state index in [1.807, 2.05) is 0 Å². The maximum absolute atomic E-state index is 5.76. The molecule has 1 aliphatic rings. The minimum absolute atomic E-state index is 0.00813. The van der Waals surface area contributed by atoms with Gasteiger partial charge in [0.25, 0.3) is 0 Å². The van der Waals surface area contributed by atoms with E-state index >= 15 is 0 Å². The number of nitrogens with zero attached hydrogens (tertiary/aromatic N) is 1. The quantitative estimate of drug-likeness (QED) is 0.791. The minimum Gasteiger partial charge on any atom is -0.373 e. The Morgan fingerprint density at radius 2 is 2.06 bits per heavy atom. The maximum Gasteiger partial charge on any atom is 0.0753 e. The van der Waals surface area contributed by atoms with Gasteiger partial charge in [0.2, 0.25) is 0 Å². The number of morpholine rings is 1. The lowest BCUT2D eigenvalue weighted by Crippen LogP contribution is -2.49. The molecule has 0 aliphatic carbocycles. The molecule has 0 radical (unpaired) electrons. The van der Waals surface area contributed by atoms with Crippen LogP contribution in [0.3, 0.4) is 0 Å². The summed E-state index contributed by atoms with van der Waals surface area (Å²) in [5.41, 5.74) is 1.41. The summed E-state index contributed by atoms with van der Waals surface area (Å²) in [5.74, 6) is 0.556. The van der Waals surface area contributed by atoms with Gasteiger partial charge in [-0.1, -0.05) is 46.3 Å². The molecule has 1 heterocycles. The van der Waals surface area contributed by atoms with Gasteiger partial charge in [-0.3, -0.25) is 4.90 Å². The molecule has 0 amide bonds. The number of alkyl halides is 1. The van der Waals surface area contributed by atoms with Gasteiger partial charge in [-0.25, -0.2) is 0 Å². The van der Waals surface area contributed by atoms with Crippen molar-refractivity contribution in [3.63, 3.8) is 0 Å². The molecule has 3 heteroatoms. The predicted octanol–water partition coefficient (Wildman–Crippen LogP) is 3.28. The maximum atomic E-state index is 5.76. The number of ether oxygens (including phenoxy) is 1. The van der Waals surface area contributed by atoms with E-state index in [1.165, 1.54) is 5.56 Å². The first-order valence-electron chi connectivity index (χ1n) is 6.58. The van der Waals surface area contributed by atoms with Crippen LogP contribution in [0.15, 0.2) is 30.3 Å². The van der Waals surface area contributed by atoms with Crippen LogP contribution >= 0.6 is 15.9 Å². The van der Waals surface area contributed by atoms with Crippen LogP contribution in [-0.2, 0) is 4.74 Å². The summed E-state index contributed by atoms with van der Waals surface area (Å²) in [5, 5.41) is 1.01. The summed E-state index contributed by atoms with van der Waals surface area (Å²) in [6.45, 7) is 8.34. The van der Waals surface area contributed by atoms with E-state index in [0.717, 1.165) is 31.6 Å². The van der Waals surface area contributed by atoms with E-state index in [1.54, 1.807) is 0 Å². The standard InChI is InChI=1S/C15H22BrNO/c1-15(2)12-17(8-9-18-15)11-14(10-16)13-6-4-3-5-7-13/h3-7,14H,8-12H2,1-2H3. The van der Waals surface area contributed by atoms with Crippen molar-refractivity contribution in [3.8, 4) is 0 Å². The molecule has 1 unspecified atom stereocenters. The molecule has 2 rings (SSSR count). The first-order valence-corrected chi connectivity index (χ1v) is 7.70. The van der Waals surface area contributed by atoms with Crippen molar-refractivity contribution < 1.29 is 4.74 Å². The zero-order valence-electron chi connectivity index (χ0n) is 11.2. The largest absolute Gasteiger partial charge is 0.373 e. The molecule has 1 atom stereocenters. The van der Waals surface area contributed by atoms with Crippen molar-refractivity contribution in [1.82, 2.24) is 4.90 Å². The molecule has 0 spiro atoms. The Hall–Kier alpha value is -0.380. The average molecular weight is 312 g/mol. The highest BCUT2D eigenvalue weighted by atomic mass is 79.9. The highest BCUT2D eigenvalue weighted by Crippen LogP contribution is 2.23. The van der Waals surface area contributed by atoms with Crippen LogP contribution in [0.5, 0.6) is 0 Å². The molecular formula is C15H22BrNO. The number of hydrogen-bond acceptors (Lipinski definition) is 2. The summed E-state index contributed by atoms with van der Waals surface area (Å²) >= 11 is 3.65. The predicted molar refractivity (Wildman–Crippen MR) is 79.4 cm³/mol. The molecule has 1 aromatic carbocycles. The lowest BCUT2D eigenvalue weighted by atomic mass is 9.99. The van der Waals surface area contributed by atoms with Crippen molar-refractivity contribution in [2.24, 2.45) is 0 Å². The highest BCUT2D eigenvalue weighted by Gasteiger charge is 2.28. The van der Waals surface area contributed by atoms with Crippen LogP contribution in [0.4, 0.5) is 0 Å². The second-order valence-corrected chi connectivity index (χ2v) is 6.25. The third kappa shape index (κ3) is 3.81. The van der Waals surface area contributed by atoms with Gasteiger partial charge in [-0.15, -0.1) is 0 Å². The van der Waals surface area contributed by atoms with Gasteiger partial charge in [0.05, 0.1) is 12.2 Å². The number of rotatable bonds is 4. The van der Waals surface area contributed by atoms with Crippen LogP contribution in [0.2, 0.25) is 0 Å². The minimum atomic E-state index is -0.00813. The molecule has 2 nitrogen and oxygen atoms in total. The number of benzene rings is 1. The summed E-state index contributed by atoms with van der Waals surface area (Å²) in [6, 6.07) is 10.8. The van der Waals surface area contributed by atoms with Gasteiger partial charge in [-0.05, 0) is 19.4 Å². The zero-order valence-corrected chi connectivity index (χ0v) is 12.8. The lowest BCUT2D eigenvalue weighted by molar-refractivity contribution is -0.0866. The van der Waals surface area contributed by atoms with Gasteiger partial charge in [0.15, 0.2) is 0 Å². The van der Waals surface area contributed by atoms with Crippen molar-refractivity contribution in [2.45, 2.75) is 25.4 Å². The molecule has 0 N–H and O–H groups in total. The summed E-state index contributed by atoms with van der Waals surface area (Å²) < 4.78 is 5.76. The van der Waals surface area contributed by atoms with E-state index in [2.05, 4.69) is 65.0 Å². The first kappa shape index (κ1) is 14.0. The molecule has 1 fully saturated rings. The molecule has 0 aromatic heterocycles. The molecule has 100 valence electrons. The average Bonchev–Trinajstić information content (AvgIpc) is 2.36. The van der Waals surface area contributed by atoms with Crippen molar-refractivity contribution >= 4 is 15.9 Å². The molecule has 1 aliphatic heterocycles. The first-order chi connectivity index (χ1) is 8.61. The fraction of sp³-hybridized carbons (Fsp3) is 0.600. The van der Waals surface area contributed by atoms with E-state index in [0.29, 0.717) is 5.92 Å². The molecular weight excluding hydrogens is 290 g/mol. The molecule has 1 saturated heterocycles. The number of halogens is 1. The Balaban J connectivity index is 1.98. The molecule has 1 aromatic rings. The normalized spacial score (nSPS) is 21.7. The molecule has 0 saturated carbocycles. The Bertz CT molecular complexity index is 366. The smallest absolute Gasteiger partial charge is 0.0753 e. The molecule has 0 bridgehead atoms. The Labute approximate surface area is 118 Å². The monoisotopic (exact) mass is 311 g/mol. The molecule has 18 heavy (non-hydrogen) atoms. The van der Waals surface area contributed by atoms with E-state index in [9.17, 15) is 0 Å². The Morgan fingerprint density at radius 3 is 2.67 bits per heavy atom. The third-order valence-electron chi connectivity index (χ3n) is 3.44. The Kier molecular flexibility index (Phi) is 4.82.